The summed E-state index contributed by atoms with van der Waals surface area (Å²) in [6.45, 7) is 8.75. The molecular weight excluding hydrogens is 661 g/mol. The molecule has 2 fully saturated rings. The van der Waals surface area contributed by atoms with Crippen molar-refractivity contribution in [2.45, 2.75) is 56.8 Å². The molecule has 2 amide bonds. The summed E-state index contributed by atoms with van der Waals surface area (Å²) in [5.41, 5.74) is -0.556. The Balaban J connectivity index is 1.28. The van der Waals surface area contributed by atoms with Gasteiger partial charge in [-0.1, -0.05) is 18.2 Å². The van der Waals surface area contributed by atoms with Gasteiger partial charge in [0.1, 0.15) is 11.3 Å². The van der Waals surface area contributed by atoms with Crippen LogP contribution in [0.5, 0.6) is 0 Å². The van der Waals surface area contributed by atoms with Crippen LogP contribution in [0, 0.1) is 12.5 Å². The Hall–Kier alpha value is -5.16. The number of nitrogens with zero attached hydrogens (tertiary/aromatic N) is 7. The number of aromatic nitrogens is 4. The number of likely N-dealkylation sites (tertiary alicyclic amines) is 1. The van der Waals surface area contributed by atoms with Crippen LogP contribution in [0.15, 0.2) is 65.6 Å². The van der Waals surface area contributed by atoms with Gasteiger partial charge in [-0.2, -0.15) is 18.3 Å². The van der Waals surface area contributed by atoms with Crippen molar-refractivity contribution < 1.29 is 27.2 Å². The van der Waals surface area contributed by atoms with Gasteiger partial charge in [-0.25, -0.2) is 14.2 Å². The molecular formula is C37H42F3N8O3+. The second-order valence-electron chi connectivity index (χ2n) is 14.4. The lowest BCUT2D eigenvalue weighted by molar-refractivity contribution is -0.897. The minimum Gasteiger partial charge on any atom is -0.349 e. The molecule has 0 unspecified atom stereocenters. The van der Waals surface area contributed by atoms with Gasteiger partial charge < -0.3 is 14.7 Å². The van der Waals surface area contributed by atoms with Gasteiger partial charge in [-0.15, -0.1) is 0 Å². The topological polar surface area (TPSA) is 98.5 Å². The van der Waals surface area contributed by atoms with E-state index in [4.69, 9.17) is 6.57 Å². The summed E-state index contributed by atoms with van der Waals surface area (Å²) in [4.78, 5) is 47.1. The van der Waals surface area contributed by atoms with Crippen LogP contribution in [0.25, 0.3) is 27.6 Å². The van der Waals surface area contributed by atoms with Crippen molar-refractivity contribution in [2.24, 2.45) is 13.0 Å². The van der Waals surface area contributed by atoms with Gasteiger partial charge in [0.2, 0.25) is 5.91 Å². The van der Waals surface area contributed by atoms with Crippen LogP contribution in [0.1, 0.15) is 54.4 Å². The predicted octanol–water partition coefficient (Wildman–Crippen LogP) is 5.58. The maximum Gasteiger partial charge on any atom is 0.416 e. The molecule has 0 atom stereocenters. The molecule has 51 heavy (non-hydrogen) atoms. The molecule has 1 aliphatic carbocycles. The number of nitrogens with one attached hydrogen (secondary N) is 1. The highest BCUT2D eigenvalue weighted by atomic mass is 19.4. The lowest BCUT2D eigenvalue weighted by Crippen LogP contribution is -2.53. The molecule has 0 bridgehead atoms. The Kier molecular flexibility index (Phi) is 9.69. The molecule has 14 heteroatoms. The molecule has 11 nitrogen and oxygen atoms in total. The lowest BCUT2D eigenvalue weighted by Gasteiger charge is -2.41. The van der Waals surface area contributed by atoms with Crippen molar-refractivity contribution >= 4 is 17.5 Å². The third-order valence-corrected chi connectivity index (χ3v) is 10.3. The fraction of sp³-hybridized carbons (Fsp3) is 0.432. The second kappa shape index (κ2) is 13.9. The average molecular weight is 704 g/mol. The van der Waals surface area contributed by atoms with E-state index in [1.54, 1.807) is 30.3 Å². The Labute approximate surface area is 294 Å². The number of carbonyl (C=O) groups excluding carboxylic acids is 2. The van der Waals surface area contributed by atoms with E-state index in [-0.39, 0.29) is 34.8 Å². The van der Waals surface area contributed by atoms with Crippen LogP contribution >= 0.6 is 0 Å². The largest absolute Gasteiger partial charge is 0.416 e. The fourth-order valence-electron chi connectivity index (χ4n) is 7.43. The Morgan fingerprint density at radius 3 is 2.22 bits per heavy atom. The number of halogens is 3. The third-order valence-electron chi connectivity index (χ3n) is 10.3. The highest BCUT2D eigenvalue weighted by Gasteiger charge is 2.36. The molecule has 1 N–H and O–H groups in total. The molecule has 6 rings (SSSR count). The third kappa shape index (κ3) is 7.21. The van der Waals surface area contributed by atoms with Crippen LogP contribution in [-0.4, -0.2) is 86.7 Å². The molecule has 3 heterocycles. The molecule has 1 aliphatic heterocycles. The van der Waals surface area contributed by atoms with Crippen molar-refractivity contribution in [1.82, 2.24) is 29.4 Å². The molecule has 1 saturated heterocycles. The first-order chi connectivity index (χ1) is 24.2. The normalized spacial score (nSPS) is 18.7. The summed E-state index contributed by atoms with van der Waals surface area (Å²) >= 11 is 0. The zero-order chi connectivity index (χ0) is 36.7. The van der Waals surface area contributed by atoms with E-state index in [9.17, 15) is 27.6 Å². The number of rotatable bonds is 7. The van der Waals surface area contributed by atoms with Crippen LogP contribution in [0.4, 0.5) is 18.9 Å². The quantitative estimate of drug-likeness (QED) is 0.201. The predicted molar refractivity (Wildman–Crippen MR) is 186 cm³/mol. The number of carbonyl (C=O) groups is 2. The van der Waals surface area contributed by atoms with Gasteiger partial charge in [-0.3, -0.25) is 19.1 Å². The summed E-state index contributed by atoms with van der Waals surface area (Å²) in [6.07, 6.45) is 1.07. The van der Waals surface area contributed by atoms with E-state index >= 15 is 0 Å². The molecule has 4 aromatic rings. The second-order valence-corrected chi connectivity index (χ2v) is 14.4. The van der Waals surface area contributed by atoms with Gasteiger partial charge in [0.25, 0.3) is 11.5 Å². The number of quaternary nitrogens is 1. The number of alkyl halides is 3. The molecule has 2 aromatic carbocycles. The smallest absolute Gasteiger partial charge is 0.349 e. The van der Waals surface area contributed by atoms with Crippen LogP contribution in [-0.2, 0) is 18.0 Å². The fourth-order valence-corrected chi connectivity index (χ4v) is 7.43. The van der Waals surface area contributed by atoms with Crippen molar-refractivity contribution in [3.63, 3.8) is 0 Å². The Bertz CT molecular complexity index is 2020. The standard InChI is InChI=1S/C37H41F3N8O3/c1-41-26-13-15-28(16-14-26)46-31(17-20-42-46)33-32(36(51)47(44(33)2)29-8-6-7-25(23-29)37(38,39)40)34(49)43-27-11-9-24(10-12-27)35(50)45-21-18-30(19-22-45)48(3,4)5/h6-8,13-17,20,23-24,27,30H,9-12,18-19,21-22H2,2-5H3/p+1. The first-order valence-corrected chi connectivity index (χ1v) is 17.1. The van der Waals surface area contributed by atoms with Crippen molar-refractivity contribution in [3.05, 3.63) is 93.7 Å². The number of hydrogen-bond donors (Lipinski definition) is 1. The molecule has 1 saturated carbocycles. The zero-order valence-electron chi connectivity index (χ0n) is 29.2. The van der Waals surface area contributed by atoms with Gasteiger partial charge >= 0.3 is 6.18 Å². The lowest BCUT2D eigenvalue weighted by atomic mass is 9.84. The molecule has 268 valence electrons. The van der Waals surface area contributed by atoms with Crippen molar-refractivity contribution in [1.29, 1.82) is 0 Å². The molecule has 0 radical (unpaired) electrons. The summed E-state index contributed by atoms with van der Waals surface area (Å²) in [5, 5.41) is 7.42. The SMILES string of the molecule is [C-]#[N+]c1ccc(-n2nccc2-c2c(C(=O)NC3CCC(C(=O)N4CCC([N+](C)(C)C)CC4)CC3)c(=O)n(-c3cccc(C(F)(F)F)c3)n2C)cc1. The molecule has 0 spiro atoms. The van der Waals surface area contributed by atoms with Crippen LogP contribution < -0.4 is 10.9 Å². The van der Waals surface area contributed by atoms with E-state index in [0.717, 1.165) is 47.2 Å². The summed E-state index contributed by atoms with van der Waals surface area (Å²) < 4.78 is 45.9. The number of hydrogen-bond acceptors (Lipinski definition) is 4. The first-order valence-electron chi connectivity index (χ1n) is 17.1. The summed E-state index contributed by atoms with van der Waals surface area (Å²) in [7, 11) is 8.05. The summed E-state index contributed by atoms with van der Waals surface area (Å²) in [6, 6.07) is 12.8. The maximum absolute atomic E-state index is 14.2. The maximum atomic E-state index is 14.2. The molecule has 2 aromatic heterocycles. The monoisotopic (exact) mass is 703 g/mol. The van der Waals surface area contributed by atoms with Crippen LogP contribution in [0.2, 0.25) is 0 Å². The Morgan fingerprint density at radius 2 is 1.61 bits per heavy atom. The van der Waals surface area contributed by atoms with E-state index in [1.165, 1.54) is 34.7 Å². The van der Waals surface area contributed by atoms with E-state index in [0.29, 0.717) is 48.8 Å². The Morgan fingerprint density at radius 1 is 0.941 bits per heavy atom. The van der Waals surface area contributed by atoms with Gasteiger partial charge in [0.15, 0.2) is 5.69 Å². The van der Waals surface area contributed by atoms with Gasteiger partial charge in [-0.05, 0) is 62.1 Å². The van der Waals surface area contributed by atoms with Crippen molar-refractivity contribution in [2.75, 3.05) is 34.2 Å². The first kappa shape index (κ1) is 35.7. The van der Waals surface area contributed by atoms with Crippen molar-refractivity contribution in [3.8, 4) is 22.8 Å². The molecule has 2 aliphatic rings. The van der Waals surface area contributed by atoms with Crippen LogP contribution in [0.3, 0.4) is 0 Å². The number of benzene rings is 2. The highest BCUT2D eigenvalue weighted by molar-refractivity contribution is 6.00. The van der Waals surface area contributed by atoms with Gasteiger partial charge in [0.05, 0.1) is 62.6 Å². The van der Waals surface area contributed by atoms with E-state index in [1.807, 2.05) is 4.90 Å². The van der Waals surface area contributed by atoms with E-state index < -0.39 is 23.2 Å². The minimum atomic E-state index is -4.65. The zero-order valence-corrected chi connectivity index (χ0v) is 29.2. The minimum absolute atomic E-state index is 0.0606. The van der Waals surface area contributed by atoms with E-state index in [2.05, 4.69) is 36.4 Å². The summed E-state index contributed by atoms with van der Waals surface area (Å²) in [5.74, 6) is -0.635. The number of piperidine rings is 1. The van der Waals surface area contributed by atoms with Gasteiger partial charge in [0, 0.05) is 44.9 Å². The average Bonchev–Trinajstić information content (AvgIpc) is 3.69. The number of amides is 2. The highest BCUT2D eigenvalue weighted by Crippen LogP contribution is 2.33.